The van der Waals surface area contributed by atoms with Crippen molar-refractivity contribution in [2.24, 2.45) is 5.10 Å². The van der Waals surface area contributed by atoms with Crippen molar-refractivity contribution < 1.29 is 9.53 Å². The Morgan fingerprint density at radius 3 is 2.63 bits per heavy atom. The second kappa shape index (κ2) is 9.34. The molecule has 1 N–H and O–H groups in total. The molecule has 0 radical (unpaired) electrons. The lowest BCUT2D eigenvalue weighted by molar-refractivity contribution is 0.0955. The Labute approximate surface area is 174 Å². The van der Waals surface area contributed by atoms with Crippen LogP contribution < -0.4 is 10.2 Å². The van der Waals surface area contributed by atoms with Crippen molar-refractivity contribution in [1.82, 2.24) is 15.2 Å². The number of hydrogen-bond donors (Lipinski definition) is 1. The number of amides is 1. The molecule has 1 amide bonds. The minimum absolute atomic E-state index is 0.273. The summed E-state index contributed by atoms with van der Waals surface area (Å²) >= 11 is 0. The molecule has 0 aliphatic carbocycles. The number of rotatable bonds is 7. The van der Waals surface area contributed by atoms with Crippen LogP contribution in [-0.2, 0) is 6.54 Å². The minimum atomic E-state index is -0.273. The van der Waals surface area contributed by atoms with Gasteiger partial charge in [-0.25, -0.2) is 5.43 Å². The van der Waals surface area contributed by atoms with Crippen molar-refractivity contribution in [3.05, 3.63) is 114 Å². The third kappa shape index (κ3) is 5.20. The quantitative estimate of drug-likeness (QED) is 0.370. The van der Waals surface area contributed by atoms with Crippen LogP contribution in [0, 0.1) is 0 Å². The number of aromatic nitrogens is 2. The lowest BCUT2D eigenvalue weighted by Crippen LogP contribution is -2.18. The summed E-state index contributed by atoms with van der Waals surface area (Å²) in [4.78, 5) is 12.4. The Morgan fingerprint density at radius 2 is 1.80 bits per heavy atom. The van der Waals surface area contributed by atoms with Crippen LogP contribution >= 0.6 is 0 Å². The molecule has 0 aliphatic rings. The van der Waals surface area contributed by atoms with E-state index in [1.54, 1.807) is 23.2 Å². The van der Waals surface area contributed by atoms with Crippen LogP contribution in [-0.4, -0.2) is 21.9 Å². The SMILES string of the molecule is O=C(NN=Cc1cccc(Oc2ccccc2)c1)c1cccc(Cn2cccn2)c1. The molecule has 6 nitrogen and oxygen atoms in total. The first-order valence-electron chi connectivity index (χ1n) is 9.49. The van der Waals surface area contributed by atoms with Crippen LogP contribution in [0.25, 0.3) is 0 Å². The molecule has 3 aromatic carbocycles. The van der Waals surface area contributed by atoms with Gasteiger partial charge in [-0.05, 0) is 53.6 Å². The van der Waals surface area contributed by atoms with E-state index in [0.717, 1.165) is 16.9 Å². The van der Waals surface area contributed by atoms with Crippen LogP contribution in [0.5, 0.6) is 11.5 Å². The third-order valence-corrected chi connectivity index (χ3v) is 4.31. The zero-order valence-corrected chi connectivity index (χ0v) is 16.2. The summed E-state index contributed by atoms with van der Waals surface area (Å²) in [6.07, 6.45) is 5.20. The molecule has 4 aromatic rings. The van der Waals surface area contributed by atoms with Gasteiger partial charge in [-0.2, -0.15) is 10.2 Å². The zero-order valence-electron chi connectivity index (χ0n) is 16.2. The van der Waals surface area contributed by atoms with Crippen molar-refractivity contribution in [2.75, 3.05) is 0 Å². The fourth-order valence-electron chi connectivity index (χ4n) is 2.90. The van der Waals surface area contributed by atoms with E-state index < -0.39 is 0 Å². The Kier molecular flexibility index (Phi) is 5.96. The Balaban J connectivity index is 1.37. The lowest BCUT2D eigenvalue weighted by atomic mass is 10.1. The second-order valence-corrected chi connectivity index (χ2v) is 6.59. The number of hydrogen-bond acceptors (Lipinski definition) is 4. The van der Waals surface area contributed by atoms with Crippen molar-refractivity contribution in [1.29, 1.82) is 0 Å². The van der Waals surface area contributed by atoms with E-state index in [-0.39, 0.29) is 5.91 Å². The van der Waals surface area contributed by atoms with Gasteiger partial charge in [-0.3, -0.25) is 9.48 Å². The molecule has 0 saturated carbocycles. The topological polar surface area (TPSA) is 68.5 Å². The van der Waals surface area contributed by atoms with Gasteiger partial charge < -0.3 is 4.74 Å². The van der Waals surface area contributed by atoms with Gasteiger partial charge in [0.05, 0.1) is 12.8 Å². The first-order chi connectivity index (χ1) is 14.8. The number of para-hydroxylation sites is 1. The highest BCUT2D eigenvalue weighted by molar-refractivity contribution is 5.95. The smallest absolute Gasteiger partial charge is 0.271 e. The Bertz CT molecular complexity index is 1140. The van der Waals surface area contributed by atoms with Gasteiger partial charge in [0.15, 0.2) is 0 Å². The maximum absolute atomic E-state index is 12.4. The van der Waals surface area contributed by atoms with E-state index in [1.165, 1.54) is 0 Å². The van der Waals surface area contributed by atoms with Crippen LogP contribution in [0.2, 0.25) is 0 Å². The molecule has 1 aromatic heterocycles. The van der Waals surface area contributed by atoms with Crippen molar-refractivity contribution in [3.63, 3.8) is 0 Å². The number of nitrogens with zero attached hydrogens (tertiary/aromatic N) is 3. The van der Waals surface area contributed by atoms with E-state index in [4.69, 9.17) is 4.74 Å². The highest BCUT2D eigenvalue weighted by Crippen LogP contribution is 2.21. The molecular formula is C24H20N4O2. The highest BCUT2D eigenvalue weighted by Gasteiger charge is 2.06. The normalized spacial score (nSPS) is 10.8. The van der Waals surface area contributed by atoms with E-state index in [9.17, 15) is 4.79 Å². The average Bonchev–Trinajstić information content (AvgIpc) is 3.28. The fraction of sp³-hybridized carbons (Fsp3) is 0.0417. The number of benzene rings is 3. The molecule has 0 aliphatic heterocycles. The molecule has 6 heteroatoms. The summed E-state index contributed by atoms with van der Waals surface area (Å²) in [5.74, 6) is 1.18. The summed E-state index contributed by atoms with van der Waals surface area (Å²) < 4.78 is 7.62. The fourth-order valence-corrected chi connectivity index (χ4v) is 2.90. The first-order valence-corrected chi connectivity index (χ1v) is 9.49. The summed E-state index contributed by atoms with van der Waals surface area (Å²) in [6.45, 7) is 0.603. The maximum Gasteiger partial charge on any atom is 0.271 e. The van der Waals surface area contributed by atoms with Crippen molar-refractivity contribution >= 4 is 12.1 Å². The lowest BCUT2D eigenvalue weighted by Gasteiger charge is -2.06. The van der Waals surface area contributed by atoms with Gasteiger partial charge in [-0.1, -0.05) is 42.5 Å². The minimum Gasteiger partial charge on any atom is -0.457 e. The highest BCUT2D eigenvalue weighted by atomic mass is 16.5. The first kappa shape index (κ1) is 19.1. The monoisotopic (exact) mass is 396 g/mol. The Hall–Kier alpha value is -4.19. The molecule has 0 unspecified atom stereocenters. The molecular weight excluding hydrogens is 376 g/mol. The van der Waals surface area contributed by atoms with E-state index in [0.29, 0.717) is 17.9 Å². The van der Waals surface area contributed by atoms with Crippen LogP contribution in [0.15, 0.2) is 102 Å². The number of ether oxygens (including phenoxy) is 1. The Morgan fingerprint density at radius 1 is 0.967 bits per heavy atom. The summed E-state index contributed by atoms with van der Waals surface area (Å²) in [6, 6.07) is 26.3. The van der Waals surface area contributed by atoms with Gasteiger partial charge in [-0.15, -0.1) is 0 Å². The number of nitrogens with one attached hydrogen (secondary N) is 1. The largest absolute Gasteiger partial charge is 0.457 e. The number of carbonyl (C=O) groups is 1. The molecule has 0 spiro atoms. The van der Waals surface area contributed by atoms with Gasteiger partial charge in [0, 0.05) is 18.0 Å². The predicted octanol–water partition coefficient (Wildman–Crippen LogP) is 4.49. The van der Waals surface area contributed by atoms with Gasteiger partial charge in [0.25, 0.3) is 5.91 Å². The van der Waals surface area contributed by atoms with Gasteiger partial charge in [0.2, 0.25) is 0 Å². The van der Waals surface area contributed by atoms with Crippen LogP contribution in [0.4, 0.5) is 0 Å². The molecule has 30 heavy (non-hydrogen) atoms. The molecule has 0 bridgehead atoms. The zero-order chi connectivity index (χ0) is 20.6. The maximum atomic E-state index is 12.4. The second-order valence-electron chi connectivity index (χ2n) is 6.59. The van der Waals surface area contributed by atoms with Crippen LogP contribution in [0.3, 0.4) is 0 Å². The van der Waals surface area contributed by atoms with Gasteiger partial charge >= 0.3 is 0 Å². The number of carbonyl (C=O) groups excluding carboxylic acids is 1. The predicted molar refractivity (Wildman–Crippen MR) is 116 cm³/mol. The summed E-state index contributed by atoms with van der Waals surface area (Å²) in [5, 5.41) is 8.26. The number of hydrazone groups is 1. The molecule has 148 valence electrons. The van der Waals surface area contributed by atoms with E-state index >= 15 is 0 Å². The van der Waals surface area contributed by atoms with Crippen molar-refractivity contribution in [3.8, 4) is 11.5 Å². The average molecular weight is 396 g/mol. The van der Waals surface area contributed by atoms with Crippen molar-refractivity contribution in [2.45, 2.75) is 6.54 Å². The molecule has 4 rings (SSSR count). The summed E-state index contributed by atoms with van der Waals surface area (Å²) in [7, 11) is 0. The standard InChI is InChI=1S/C24H20N4O2/c29-24(21-9-4-8-20(15-21)18-28-14-6-13-26-28)27-25-17-19-7-5-12-23(16-19)30-22-10-2-1-3-11-22/h1-17H,18H2,(H,27,29). The van der Waals surface area contributed by atoms with Gasteiger partial charge in [0.1, 0.15) is 11.5 Å². The summed E-state index contributed by atoms with van der Waals surface area (Å²) in [5.41, 5.74) is 4.91. The van der Waals surface area contributed by atoms with E-state index in [2.05, 4.69) is 15.6 Å². The molecule has 0 fully saturated rings. The molecule has 0 atom stereocenters. The molecule has 1 heterocycles. The van der Waals surface area contributed by atoms with Crippen LogP contribution in [0.1, 0.15) is 21.5 Å². The molecule has 0 saturated heterocycles. The van der Waals surface area contributed by atoms with E-state index in [1.807, 2.05) is 85.1 Å². The third-order valence-electron chi connectivity index (χ3n) is 4.31.